The van der Waals surface area contributed by atoms with E-state index in [2.05, 4.69) is 9.97 Å². The van der Waals surface area contributed by atoms with E-state index in [0.29, 0.717) is 0 Å². The topological polar surface area (TPSA) is 72.1 Å². The van der Waals surface area contributed by atoms with Crippen LogP contribution in [0.25, 0.3) is 11.0 Å². The Bertz CT molecular complexity index is 1110. The number of halogens is 3. The lowest BCUT2D eigenvalue weighted by atomic mass is 10.3. The fourth-order valence-corrected chi connectivity index (χ4v) is 2.87. The molecule has 1 heterocycles. The Balaban J connectivity index is 2.07. The average molecular weight is 395 g/mol. The molecule has 0 atom stereocenters. The highest BCUT2D eigenvalue weighted by molar-refractivity contribution is 7.90. The predicted molar refractivity (Wildman–Crippen MR) is 90.7 cm³/mol. The normalized spacial score (nSPS) is 14.3. The van der Waals surface area contributed by atoms with E-state index >= 15 is 0 Å². The molecule has 23 heavy (non-hydrogen) atoms. The van der Waals surface area contributed by atoms with Gasteiger partial charge in [0.2, 0.25) is 15.0 Å². The van der Waals surface area contributed by atoms with E-state index in [1.165, 1.54) is 12.1 Å². The van der Waals surface area contributed by atoms with Gasteiger partial charge in [0.25, 0.3) is 0 Å². The smallest absolute Gasteiger partial charge is 0.225 e. The Hall–Kier alpha value is -1.47. The van der Waals surface area contributed by atoms with Gasteiger partial charge in [-0.3, -0.25) is 0 Å². The molecule has 0 fully saturated rings. The molecule has 0 unspecified atom stereocenters. The van der Waals surface area contributed by atoms with Gasteiger partial charge >= 0.3 is 0 Å². The van der Waals surface area contributed by atoms with E-state index in [4.69, 9.17) is 43.7 Å². The van der Waals surface area contributed by atoms with E-state index < -0.39 is 21.2 Å². The van der Waals surface area contributed by atoms with Crippen molar-refractivity contribution in [1.82, 2.24) is 9.97 Å². The number of hydrogen-bond acceptors (Lipinski definition) is 4. The molecular formula is C14H9Cl3N2O3S. The highest BCUT2D eigenvalue weighted by Crippen LogP contribution is 2.38. The Morgan fingerprint density at radius 1 is 1.17 bits per heavy atom. The summed E-state index contributed by atoms with van der Waals surface area (Å²) in [5, 5.41) is -0.0817. The van der Waals surface area contributed by atoms with Crippen molar-refractivity contribution in [3.05, 3.63) is 45.4 Å². The lowest BCUT2D eigenvalue weighted by Crippen LogP contribution is -1.98. The Labute approximate surface area is 151 Å². The van der Waals surface area contributed by atoms with E-state index in [9.17, 15) is 8.42 Å². The molecule has 0 aliphatic rings. The van der Waals surface area contributed by atoms with Crippen LogP contribution < -0.4 is 4.74 Å². The summed E-state index contributed by atoms with van der Waals surface area (Å²) in [4.78, 5) is 6.28. The van der Waals surface area contributed by atoms with Crippen molar-refractivity contribution in [3.8, 4) is 11.5 Å². The van der Waals surface area contributed by atoms with Gasteiger partial charge in [-0.2, -0.15) is 0 Å². The van der Waals surface area contributed by atoms with Crippen molar-refractivity contribution in [2.75, 3.05) is 6.18 Å². The summed E-state index contributed by atoms with van der Waals surface area (Å²) >= 11 is 18.1. The van der Waals surface area contributed by atoms with Gasteiger partial charge in [0, 0.05) is 16.4 Å². The number of aromatic amines is 1. The predicted octanol–water partition coefficient (Wildman–Crippen LogP) is 4.72. The molecule has 1 aromatic heterocycles. The number of aromatic nitrogens is 2. The summed E-state index contributed by atoms with van der Waals surface area (Å²) < 4.78 is 51.0. The van der Waals surface area contributed by atoms with Gasteiger partial charge in [0.05, 0.1) is 21.1 Å². The number of fused-ring (bicyclic) bond motifs is 1. The van der Waals surface area contributed by atoms with E-state index in [0.717, 1.165) is 0 Å². The van der Waals surface area contributed by atoms with Crippen molar-refractivity contribution in [1.29, 1.82) is 0 Å². The zero-order valence-electron chi connectivity index (χ0n) is 14.1. The molecule has 3 aromatic rings. The van der Waals surface area contributed by atoms with Gasteiger partial charge in [-0.1, -0.05) is 40.9 Å². The van der Waals surface area contributed by atoms with Crippen LogP contribution >= 0.6 is 34.8 Å². The minimum Gasteiger partial charge on any atom is -0.454 e. The van der Waals surface area contributed by atoms with E-state index in [-0.39, 0.29) is 37.6 Å². The first-order chi connectivity index (χ1) is 12.0. The van der Waals surface area contributed by atoms with Gasteiger partial charge in [0.1, 0.15) is 16.5 Å². The molecule has 0 bridgehead atoms. The van der Waals surface area contributed by atoms with Crippen molar-refractivity contribution in [2.45, 2.75) is 5.16 Å². The van der Waals surface area contributed by atoms with Crippen molar-refractivity contribution in [3.63, 3.8) is 0 Å². The largest absolute Gasteiger partial charge is 0.454 e. The van der Waals surface area contributed by atoms with Crippen LogP contribution in [0.1, 0.15) is 4.11 Å². The van der Waals surface area contributed by atoms with Crippen LogP contribution in [0.5, 0.6) is 11.5 Å². The zero-order chi connectivity index (χ0) is 19.3. The Kier molecular flexibility index (Phi) is 3.29. The summed E-state index contributed by atoms with van der Waals surface area (Å²) in [6.07, 6.45) is -3.24. The fourth-order valence-electron chi connectivity index (χ4n) is 1.87. The van der Waals surface area contributed by atoms with Crippen LogP contribution in [0, 0.1) is 0 Å². The molecule has 0 saturated heterocycles. The standard InChI is InChI=1S/C14H9Cl3N2O3S/c1-23(20,21)14-18-9-5-8(16)12(6-10(9)19-14)22-11-4-2-3-7(15)13(11)17/h2-6H,1H3,(H,18,19)/i1D3. The number of sulfone groups is 1. The number of rotatable bonds is 3. The van der Waals surface area contributed by atoms with Crippen LogP contribution in [0.2, 0.25) is 15.1 Å². The molecule has 9 heteroatoms. The minimum atomic E-state index is -4.62. The summed E-state index contributed by atoms with van der Waals surface area (Å²) in [7, 11) is -4.62. The molecule has 0 spiro atoms. The molecule has 5 nitrogen and oxygen atoms in total. The van der Waals surface area contributed by atoms with Crippen molar-refractivity contribution in [2.24, 2.45) is 0 Å². The summed E-state index contributed by atoms with van der Waals surface area (Å²) in [5.41, 5.74) is 0.396. The first-order valence-electron chi connectivity index (χ1n) is 7.56. The number of nitrogens with zero attached hydrogens (tertiary/aromatic N) is 1. The molecule has 0 saturated carbocycles. The third kappa shape index (κ3) is 3.26. The van der Waals surface area contributed by atoms with Crippen LogP contribution in [0.15, 0.2) is 35.5 Å². The van der Waals surface area contributed by atoms with E-state index in [1.807, 2.05) is 0 Å². The van der Waals surface area contributed by atoms with Gasteiger partial charge < -0.3 is 9.72 Å². The molecule has 120 valence electrons. The van der Waals surface area contributed by atoms with Gasteiger partial charge in [-0.15, -0.1) is 0 Å². The number of ether oxygens (including phenoxy) is 1. The maximum absolute atomic E-state index is 12.0. The molecule has 0 aliphatic carbocycles. The highest BCUT2D eigenvalue weighted by atomic mass is 35.5. The second kappa shape index (κ2) is 5.87. The van der Waals surface area contributed by atoms with Crippen molar-refractivity contribution < 1.29 is 17.3 Å². The van der Waals surface area contributed by atoms with Gasteiger partial charge in [-0.25, -0.2) is 13.4 Å². The molecular weight excluding hydrogens is 383 g/mol. The summed E-state index contributed by atoms with van der Waals surface area (Å²) in [6.45, 7) is 0. The van der Waals surface area contributed by atoms with Crippen LogP contribution in [-0.4, -0.2) is 24.6 Å². The summed E-state index contributed by atoms with van der Waals surface area (Å²) in [6, 6.07) is 7.52. The summed E-state index contributed by atoms with van der Waals surface area (Å²) in [5.74, 6) is 0.388. The maximum atomic E-state index is 12.0. The number of benzene rings is 2. The third-order valence-electron chi connectivity index (χ3n) is 2.90. The second-order valence-electron chi connectivity index (χ2n) is 4.50. The van der Waals surface area contributed by atoms with Gasteiger partial charge in [0.15, 0.2) is 0 Å². The third-order valence-corrected chi connectivity index (χ3v) is 4.70. The average Bonchev–Trinajstić information content (AvgIpc) is 2.94. The Morgan fingerprint density at radius 3 is 2.70 bits per heavy atom. The molecule has 0 amide bonds. The number of imidazole rings is 1. The lowest BCUT2D eigenvalue weighted by Gasteiger charge is -2.09. The number of H-pyrrole nitrogens is 1. The lowest BCUT2D eigenvalue weighted by molar-refractivity contribution is 0.484. The minimum absolute atomic E-state index is 0.134. The van der Waals surface area contributed by atoms with Crippen molar-refractivity contribution >= 4 is 55.7 Å². The maximum Gasteiger partial charge on any atom is 0.225 e. The zero-order valence-corrected chi connectivity index (χ0v) is 14.2. The van der Waals surface area contributed by atoms with Crippen LogP contribution in [-0.2, 0) is 9.84 Å². The quantitative estimate of drug-likeness (QED) is 0.697. The Morgan fingerprint density at radius 2 is 1.96 bits per heavy atom. The second-order valence-corrected chi connectivity index (χ2v) is 7.09. The fraction of sp³-hybridized carbons (Fsp3) is 0.0714. The SMILES string of the molecule is [2H]C([2H])([2H])S(=O)(=O)c1nc2cc(Oc3cccc(Cl)c3Cl)c(Cl)cc2[nH]1. The molecule has 0 aliphatic heterocycles. The van der Waals surface area contributed by atoms with Gasteiger partial charge in [-0.05, 0) is 18.2 Å². The van der Waals surface area contributed by atoms with E-state index in [1.54, 1.807) is 18.2 Å². The molecule has 0 radical (unpaired) electrons. The molecule has 3 rings (SSSR count). The number of hydrogen-bond donors (Lipinski definition) is 1. The molecule has 1 N–H and O–H groups in total. The molecule has 2 aromatic carbocycles. The number of nitrogens with one attached hydrogen (secondary N) is 1. The first kappa shape index (κ1) is 12.9. The van der Waals surface area contributed by atoms with Crippen LogP contribution in [0.4, 0.5) is 0 Å². The highest BCUT2D eigenvalue weighted by Gasteiger charge is 2.16. The van der Waals surface area contributed by atoms with Crippen LogP contribution in [0.3, 0.4) is 0 Å². The first-order valence-corrected chi connectivity index (χ1v) is 8.68. The monoisotopic (exact) mass is 393 g/mol.